The van der Waals surface area contributed by atoms with Crippen LogP contribution in [-0.4, -0.2) is 34.0 Å². The highest BCUT2D eigenvalue weighted by Crippen LogP contribution is 2.26. The van der Waals surface area contributed by atoms with E-state index in [0.717, 1.165) is 16.7 Å². The molecule has 0 saturated carbocycles. The van der Waals surface area contributed by atoms with Gasteiger partial charge in [0, 0.05) is 39.3 Å². The van der Waals surface area contributed by atoms with Crippen molar-refractivity contribution in [2.24, 2.45) is 0 Å². The Kier molecular flexibility index (Phi) is 10.8. The maximum atomic E-state index is 13.7. The van der Waals surface area contributed by atoms with E-state index in [1.165, 1.54) is 11.8 Å². The molecule has 2 amide bonds. The summed E-state index contributed by atoms with van der Waals surface area (Å²) in [4.78, 5) is 28.9. The van der Waals surface area contributed by atoms with Crippen LogP contribution in [0.3, 0.4) is 0 Å². The molecular formula is C29H31Cl3N2O2S. The smallest absolute Gasteiger partial charge is 0.243 e. The summed E-state index contributed by atoms with van der Waals surface area (Å²) in [5, 5.41) is 4.74. The van der Waals surface area contributed by atoms with Crippen molar-refractivity contribution in [3.63, 3.8) is 0 Å². The lowest BCUT2D eigenvalue weighted by Crippen LogP contribution is -2.54. The SMILES string of the molecule is CC(C)(C)NC(=O)C(Cc1ccccc1)N(Cc1ccccc1Cl)C(=O)CSCc1ccc(Cl)cc1Cl. The summed E-state index contributed by atoms with van der Waals surface area (Å²) in [6.45, 7) is 6.00. The average Bonchev–Trinajstić information content (AvgIpc) is 2.83. The van der Waals surface area contributed by atoms with E-state index in [-0.39, 0.29) is 24.1 Å². The van der Waals surface area contributed by atoms with Gasteiger partial charge in [-0.05, 0) is 55.7 Å². The monoisotopic (exact) mass is 576 g/mol. The van der Waals surface area contributed by atoms with E-state index < -0.39 is 11.6 Å². The van der Waals surface area contributed by atoms with Crippen molar-refractivity contribution in [3.05, 3.63) is 105 Å². The summed E-state index contributed by atoms with van der Waals surface area (Å²) in [5.41, 5.74) is 2.19. The Morgan fingerprint density at radius 3 is 2.22 bits per heavy atom. The highest BCUT2D eigenvalue weighted by Gasteiger charge is 2.32. The van der Waals surface area contributed by atoms with Gasteiger partial charge >= 0.3 is 0 Å². The van der Waals surface area contributed by atoms with Crippen LogP contribution in [0.5, 0.6) is 0 Å². The van der Waals surface area contributed by atoms with Crippen molar-refractivity contribution in [2.75, 3.05) is 5.75 Å². The van der Waals surface area contributed by atoms with Crippen LogP contribution in [0, 0.1) is 0 Å². The highest BCUT2D eigenvalue weighted by molar-refractivity contribution is 7.99. The molecule has 3 aromatic rings. The lowest BCUT2D eigenvalue weighted by molar-refractivity contribution is -0.140. The largest absolute Gasteiger partial charge is 0.350 e. The molecule has 0 heterocycles. The van der Waals surface area contributed by atoms with Crippen LogP contribution in [0.2, 0.25) is 15.1 Å². The number of nitrogens with one attached hydrogen (secondary N) is 1. The number of rotatable bonds is 10. The van der Waals surface area contributed by atoms with Gasteiger partial charge in [-0.3, -0.25) is 9.59 Å². The number of carbonyl (C=O) groups is 2. The normalized spacial score (nSPS) is 12.2. The standard InChI is InChI=1S/C29H31Cl3N2O2S/c1-29(2,3)33-28(36)26(15-20-9-5-4-6-10-20)34(17-21-11-7-8-12-24(21)31)27(35)19-37-18-22-13-14-23(30)16-25(22)32/h4-14,16,26H,15,17-19H2,1-3H3,(H,33,36). The Morgan fingerprint density at radius 2 is 1.57 bits per heavy atom. The van der Waals surface area contributed by atoms with Crippen LogP contribution < -0.4 is 5.32 Å². The van der Waals surface area contributed by atoms with Gasteiger partial charge in [0.15, 0.2) is 0 Å². The fourth-order valence-electron chi connectivity index (χ4n) is 3.79. The quantitative estimate of drug-likeness (QED) is 0.272. The number of amides is 2. The molecule has 0 fully saturated rings. The van der Waals surface area contributed by atoms with Gasteiger partial charge in [-0.1, -0.05) is 89.4 Å². The van der Waals surface area contributed by atoms with E-state index >= 15 is 0 Å². The second-order valence-corrected chi connectivity index (χ2v) is 12.0. The van der Waals surface area contributed by atoms with Gasteiger partial charge in [-0.2, -0.15) is 0 Å². The number of nitrogens with zero attached hydrogens (tertiary/aromatic N) is 1. The summed E-state index contributed by atoms with van der Waals surface area (Å²) in [7, 11) is 0. The molecule has 37 heavy (non-hydrogen) atoms. The summed E-state index contributed by atoms with van der Waals surface area (Å²) >= 11 is 20.2. The number of benzene rings is 3. The molecule has 0 bridgehead atoms. The van der Waals surface area contributed by atoms with E-state index in [2.05, 4.69) is 5.32 Å². The first-order valence-corrected chi connectivity index (χ1v) is 14.2. The van der Waals surface area contributed by atoms with Gasteiger partial charge in [0.05, 0.1) is 5.75 Å². The van der Waals surface area contributed by atoms with E-state index in [4.69, 9.17) is 34.8 Å². The number of carbonyl (C=O) groups excluding carboxylic acids is 2. The molecule has 0 aromatic heterocycles. The minimum absolute atomic E-state index is 0.153. The number of hydrogen-bond acceptors (Lipinski definition) is 3. The van der Waals surface area contributed by atoms with Crippen LogP contribution >= 0.6 is 46.6 Å². The molecule has 3 aromatic carbocycles. The molecule has 0 aliphatic heterocycles. The third kappa shape index (κ3) is 9.26. The summed E-state index contributed by atoms with van der Waals surface area (Å²) < 4.78 is 0. The van der Waals surface area contributed by atoms with E-state index in [1.54, 1.807) is 23.1 Å². The van der Waals surface area contributed by atoms with Gasteiger partial charge in [0.1, 0.15) is 6.04 Å². The third-order valence-electron chi connectivity index (χ3n) is 5.57. The van der Waals surface area contributed by atoms with E-state index in [0.29, 0.717) is 27.2 Å². The molecule has 4 nitrogen and oxygen atoms in total. The Hall–Kier alpha value is -2.18. The van der Waals surface area contributed by atoms with Gasteiger partial charge in [0.2, 0.25) is 11.8 Å². The summed E-state index contributed by atoms with van der Waals surface area (Å²) in [6, 6.07) is 21.7. The molecule has 0 saturated heterocycles. The Labute approximate surface area is 238 Å². The van der Waals surface area contributed by atoms with Gasteiger partial charge in [0.25, 0.3) is 0 Å². The highest BCUT2D eigenvalue weighted by atomic mass is 35.5. The molecule has 1 atom stereocenters. The summed E-state index contributed by atoms with van der Waals surface area (Å²) in [5.74, 6) is 0.360. The van der Waals surface area contributed by atoms with Crippen molar-refractivity contribution in [1.82, 2.24) is 10.2 Å². The molecule has 0 radical (unpaired) electrons. The first kappa shape index (κ1) is 29.4. The Morgan fingerprint density at radius 1 is 0.892 bits per heavy atom. The molecule has 0 aliphatic rings. The minimum Gasteiger partial charge on any atom is -0.350 e. The zero-order valence-corrected chi connectivity index (χ0v) is 24.2. The molecule has 1 unspecified atom stereocenters. The van der Waals surface area contributed by atoms with Gasteiger partial charge < -0.3 is 10.2 Å². The van der Waals surface area contributed by atoms with Crippen LogP contribution in [0.1, 0.15) is 37.5 Å². The topological polar surface area (TPSA) is 49.4 Å². The first-order chi connectivity index (χ1) is 17.5. The second-order valence-electron chi connectivity index (χ2n) is 9.79. The van der Waals surface area contributed by atoms with E-state index in [9.17, 15) is 9.59 Å². The molecule has 3 rings (SSSR count). The van der Waals surface area contributed by atoms with Crippen LogP contribution in [-0.2, 0) is 28.3 Å². The van der Waals surface area contributed by atoms with Crippen LogP contribution in [0.25, 0.3) is 0 Å². The predicted octanol–water partition coefficient (Wildman–Crippen LogP) is 7.43. The lowest BCUT2D eigenvalue weighted by Gasteiger charge is -2.34. The van der Waals surface area contributed by atoms with Crippen molar-refractivity contribution < 1.29 is 9.59 Å². The fraction of sp³-hybridized carbons (Fsp3) is 0.310. The molecule has 8 heteroatoms. The Bertz CT molecular complexity index is 1220. The zero-order valence-electron chi connectivity index (χ0n) is 21.1. The summed E-state index contributed by atoms with van der Waals surface area (Å²) in [6.07, 6.45) is 0.382. The fourth-order valence-corrected chi connectivity index (χ4v) is 5.45. The van der Waals surface area contributed by atoms with E-state index in [1.807, 2.05) is 75.4 Å². The van der Waals surface area contributed by atoms with Gasteiger partial charge in [-0.15, -0.1) is 11.8 Å². The van der Waals surface area contributed by atoms with Gasteiger partial charge in [-0.25, -0.2) is 0 Å². The van der Waals surface area contributed by atoms with Crippen molar-refractivity contribution in [1.29, 1.82) is 0 Å². The van der Waals surface area contributed by atoms with Crippen LogP contribution in [0.15, 0.2) is 72.8 Å². The second kappa shape index (κ2) is 13.6. The van der Waals surface area contributed by atoms with Crippen molar-refractivity contribution in [2.45, 2.75) is 51.1 Å². The molecular weight excluding hydrogens is 547 g/mol. The Balaban J connectivity index is 1.88. The zero-order chi connectivity index (χ0) is 27.0. The minimum atomic E-state index is -0.717. The average molecular weight is 578 g/mol. The maximum absolute atomic E-state index is 13.7. The molecule has 196 valence electrons. The maximum Gasteiger partial charge on any atom is 0.243 e. The molecule has 0 aliphatic carbocycles. The van der Waals surface area contributed by atoms with Crippen LogP contribution in [0.4, 0.5) is 0 Å². The third-order valence-corrected chi connectivity index (χ3v) is 7.49. The lowest BCUT2D eigenvalue weighted by atomic mass is 10.0. The number of thioether (sulfide) groups is 1. The predicted molar refractivity (Wildman–Crippen MR) is 156 cm³/mol. The molecule has 1 N–H and O–H groups in total. The number of hydrogen-bond donors (Lipinski definition) is 1. The first-order valence-electron chi connectivity index (χ1n) is 11.9. The van der Waals surface area contributed by atoms with Crippen molar-refractivity contribution in [3.8, 4) is 0 Å². The molecule has 0 spiro atoms. The van der Waals surface area contributed by atoms with Crippen molar-refractivity contribution >= 4 is 58.4 Å². The number of halogens is 3.